The Bertz CT molecular complexity index is 560. The Morgan fingerprint density at radius 2 is 2.31 bits per heavy atom. The summed E-state index contributed by atoms with van der Waals surface area (Å²) in [7, 11) is 0. The van der Waals surface area contributed by atoms with Crippen molar-refractivity contribution >= 4 is 17.1 Å². The third-order valence-corrected chi connectivity index (χ3v) is 3.31. The van der Waals surface area contributed by atoms with Gasteiger partial charge in [0.25, 0.3) is 0 Å². The molecular formula is C12H10N2OS. The maximum atomic E-state index is 11.9. The predicted molar refractivity (Wildman–Crippen MR) is 62.5 cm³/mol. The molecule has 0 unspecified atom stereocenters. The second-order valence-corrected chi connectivity index (χ2v) is 4.75. The summed E-state index contributed by atoms with van der Waals surface area (Å²) in [5.74, 6) is 0.0470. The maximum absolute atomic E-state index is 11.9. The first-order valence-corrected chi connectivity index (χ1v) is 5.67. The predicted octanol–water partition coefficient (Wildman–Crippen LogP) is 2.61. The van der Waals surface area contributed by atoms with Crippen LogP contribution in [-0.2, 0) is 6.54 Å². The molecule has 0 radical (unpaired) electrons. The Labute approximate surface area is 97.6 Å². The lowest BCUT2D eigenvalue weighted by Crippen LogP contribution is -2.09. The molecule has 0 atom stereocenters. The van der Waals surface area contributed by atoms with Crippen LogP contribution >= 0.6 is 11.3 Å². The average molecular weight is 230 g/mol. The summed E-state index contributed by atoms with van der Waals surface area (Å²) in [4.78, 5) is 13.7. The fraction of sp³-hybridized carbons (Fsp3) is 0.167. The zero-order valence-corrected chi connectivity index (χ0v) is 9.62. The van der Waals surface area contributed by atoms with E-state index in [2.05, 4.69) is 6.07 Å². The summed E-state index contributed by atoms with van der Waals surface area (Å²) < 4.78 is 1.66. The highest BCUT2D eigenvalue weighted by Gasteiger charge is 2.10. The van der Waals surface area contributed by atoms with Gasteiger partial charge in [0.15, 0.2) is 5.78 Å². The molecule has 2 aromatic heterocycles. The van der Waals surface area contributed by atoms with Crippen LogP contribution in [-0.4, -0.2) is 10.4 Å². The summed E-state index contributed by atoms with van der Waals surface area (Å²) in [5, 5.41) is 8.82. The molecule has 0 amide bonds. The molecule has 16 heavy (non-hydrogen) atoms. The van der Waals surface area contributed by atoms with E-state index in [1.165, 1.54) is 11.3 Å². The molecule has 0 N–H and O–H groups in total. The topological polar surface area (TPSA) is 45.8 Å². The summed E-state index contributed by atoms with van der Waals surface area (Å²) >= 11 is 1.49. The lowest BCUT2D eigenvalue weighted by molar-refractivity contribution is 0.0976. The van der Waals surface area contributed by atoms with Gasteiger partial charge in [-0.25, -0.2) is 0 Å². The molecule has 3 nitrogen and oxygen atoms in total. The third-order valence-electron chi connectivity index (χ3n) is 2.27. The van der Waals surface area contributed by atoms with E-state index in [-0.39, 0.29) is 12.3 Å². The van der Waals surface area contributed by atoms with Crippen molar-refractivity contribution in [1.82, 2.24) is 4.57 Å². The molecule has 4 heteroatoms. The zero-order valence-electron chi connectivity index (χ0n) is 8.80. The molecule has 0 bridgehead atoms. The molecule has 2 aromatic rings. The van der Waals surface area contributed by atoms with Crippen LogP contribution in [0, 0.1) is 18.3 Å². The average Bonchev–Trinajstić information content (AvgIpc) is 2.86. The quantitative estimate of drug-likeness (QED) is 0.761. The van der Waals surface area contributed by atoms with Gasteiger partial charge in [0.1, 0.15) is 11.8 Å². The highest BCUT2D eigenvalue weighted by Crippen LogP contribution is 2.16. The summed E-state index contributed by atoms with van der Waals surface area (Å²) in [6, 6.07) is 9.28. The van der Waals surface area contributed by atoms with Crippen LogP contribution in [0.15, 0.2) is 30.5 Å². The minimum Gasteiger partial charge on any atom is -0.332 e. The molecular weight excluding hydrogens is 220 g/mol. The van der Waals surface area contributed by atoms with Crippen LogP contribution in [0.3, 0.4) is 0 Å². The fourth-order valence-electron chi connectivity index (χ4n) is 1.47. The van der Waals surface area contributed by atoms with Crippen LogP contribution in [0.5, 0.6) is 0 Å². The molecule has 0 saturated heterocycles. The largest absolute Gasteiger partial charge is 0.332 e. The monoisotopic (exact) mass is 230 g/mol. The van der Waals surface area contributed by atoms with E-state index < -0.39 is 0 Å². The Morgan fingerprint density at radius 3 is 2.94 bits per heavy atom. The highest BCUT2D eigenvalue weighted by atomic mass is 32.1. The zero-order chi connectivity index (χ0) is 11.5. The minimum absolute atomic E-state index is 0.0470. The van der Waals surface area contributed by atoms with E-state index in [4.69, 9.17) is 5.26 Å². The summed E-state index contributed by atoms with van der Waals surface area (Å²) in [5.41, 5.74) is 0.515. The van der Waals surface area contributed by atoms with Crippen molar-refractivity contribution in [2.45, 2.75) is 13.5 Å². The van der Waals surface area contributed by atoms with Crippen LogP contribution < -0.4 is 0 Å². The van der Waals surface area contributed by atoms with Gasteiger partial charge in [-0.3, -0.25) is 4.79 Å². The van der Waals surface area contributed by atoms with Gasteiger partial charge in [-0.2, -0.15) is 5.26 Å². The maximum Gasteiger partial charge on any atom is 0.192 e. The van der Waals surface area contributed by atoms with Crippen LogP contribution in [0.1, 0.15) is 20.2 Å². The van der Waals surface area contributed by atoms with Crippen LogP contribution in [0.4, 0.5) is 0 Å². The van der Waals surface area contributed by atoms with Gasteiger partial charge in [-0.1, -0.05) is 0 Å². The number of hydrogen-bond acceptors (Lipinski definition) is 3. The van der Waals surface area contributed by atoms with Crippen molar-refractivity contribution in [1.29, 1.82) is 5.26 Å². The Kier molecular flexibility index (Phi) is 2.88. The number of aromatic nitrogens is 1. The molecule has 0 aliphatic carbocycles. The first-order chi connectivity index (χ1) is 7.70. The standard InChI is InChI=1S/C12H10N2OS/c1-9-4-5-12(16-9)11(15)8-14-6-2-3-10(14)7-13/h2-6H,8H2,1H3. The van der Waals surface area contributed by atoms with Gasteiger partial charge in [-0.15, -0.1) is 11.3 Å². The molecule has 80 valence electrons. The molecule has 0 aliphatic heterocycles. The Balaban J connectivity index is 2.17. The summed E-state index contributed by atoms with van der Waals surface area (Å²) in [6.45, 7) is 2.20. The van der Waals surface area contributed by atoms with E-state index in [9.17, 15) is 4.79 Å². The normalized spacial score (nSPS) is 10.0. The molecule has 2 heterocycles. The number of nitriles is 1. The van der Waals surface area contributed by atoms with Crippen molar-refractivity contribution in [3.63, 3.8) is 0 Å². The molecule has 0 fully saturated rings. The molecule has 0 spiro atoms. The first kappa shape index (κ1) is 10.7. The lowest BCUT2D eigenvalue weighted by atomic mass is 10.3. The molecule has 0 aromatic carbocycles. The van der Waals surface area contributed by atoms with Crippen molar-refractivity contribution in [3.05, 3.63) is 45.9 Å². The molecule has 0 saturated carbocycles. The number of thiophene rings is 1. The highest BCUT2D eigenvalue weighted by molar-refractivity contribution is 7.14. The van der Waals surface area contributed by atoms with Crippen molar-refractivity contribution < 1.29 is 4.79 Å². The number of rotatable bonds is 3. The number of carbonyl (C=O) groups is 1. The van der Waals surface area contributed by atoms with Gasteiger partial charge < -0.3 is 4.57 Å². The SMILES string of the molecule is Cc1ccc(C(=O)Cn2cccc2C#N)s1. The molecule has 0 aliphatic rings. The third kappa shape index (κ3) is 2.05. The van der Waals surface area contributed by atoms with E-state index >= 15 is 0 Å². The fourth-order valence-corrected chi connectivity index (χ4v) is 2.27. The van der Waals surface area contributed by atoms with Gasteiger partial charge in [0.05, 0.1) is 11.4 Å². The van der Waals surface area contributed by atoms with Crippen LogP contribution in [0.2, 0.25) is 0 Å². The number of ketones is 1. The Hall–Kier alpha value is -1.86. The number of hydrogen-bond donors (Lipinski definition) is 0. The van der Waals surface area contributed by atoms with E-state index in [0.717, 1.165) is 9.75 Å². The number of Topliss-reactive ketones (excluding diaryl/α,β-unsaturated/α-hetero) is 1. The van der Waals surface area contributed by atoms with Crippen molar-refractivity contribution in [3.8, 4) is 6.07 Å². The van der Waals surface area contributed by atoms with E-state index in [1.807, 2.05) is 19.1 Å². The van der Waals surface area contributed by atoms with E-state index in [0.29, 0.717) is 5.69 Å². The van der Waals surface area contributed by atoms with Crippen molar-refractivity contribution in [2.24, 2.45) is 0 Å². The minimum atomic E-state index is 0.0470. The number of nitrogens with zero attached hydrogens (tertiary/aromatic N) is 2. The van der Waals surface area contributed by atoms with Gasteiger partial charge in [-0.05, 0) is 31.2 Å². The lowest BCUT2D eigenvalue weighted by Gasteiger charge is -2.01. The second kappa shape index (κ2) is 4.33. The van der Waals surface area contributed by atoms with Crippen molar-refractivity contribution in [2.75, 3.05) is 0 Å². The van der Waals surface area contributed by atoms with Gasteiger partial charge in [0.2, 0.25) is 0 Å². The molecule has 2 rings (SSSR count). The Morgan fingerprint density at radius 1 is 1.50 bits per heavy atom. The van der Waals surface area contributed by atoms with Gasteiger partial charge in [0, 0.05) is 11.1 Å². The first-order valence-electron chi connectivity index (χ1n) is 4.85. The smallest absolute Gasteiger partial charge is 0.192 e. The van der Waals surface area contributed by atoms with Gasteiger partial charge >= 0.3 is 0 Å². The van der Waals surface area contributed by atoms with E-state index in [1.54, 1.807) is 22.9 Å². The second-order valence-electron chi connectivity index (χ2n) is 3.47. The van der Waals surface area contributed by atoms with Crippen LogP contribution in [0.25, 0.3) is 0 Å². The summed E-state index contributed by atoms with van der Waals surface area (Å²) in [6.07, 6.45) is 1.75. The number of aryl methyl sites for hydroxylation is 1. The number of carbonyl (C=O) groups excluding carboxylic acids is 1.